The first-order chi connectivity index (χ1) is 9.51. The zero-order valence-electron chi connectivity index (χ0n) is 11.7. The van der Waals surface area contributed by atoms with Crippen molar-refractivity contribution in [1.29, 1.82) is 0 Å². The molecule has 1 aliphatic rings. The fourth-order valence-electron chi connectivity index (χ4n) is 2.31. The fraction of sp³-hybridized carbons (Fsp3) is 0.462. The number of carbonyl (C=O) groups excluding carboxylic acids is 1. The molecular weight excluding hydrogens is 258 g/mol. The normalized spacial score (nSPS) is 16.1. The molecule has 2 aromatic heterocycles. The topological polar surface area (TPSA) is 95.8 Å². The van der Waals surface area contributed by atoms with Gasteiger partial charge >= 0.3 is 0 Å². The number of H-pyrrole nitrogens is 1. The van der Waals surface area contributed by atoms with E-state index in [0.717, 1.165) is 23.4 Å². The van der Waals surface area contributed by atoms with Gasteiger partial charge in [0.15, 0.2) is 5.82 Å². The molecule has 3 N–H and O–H groups in total. The Morgan fingerprint density at radius 2 is 2.35 bits per heavy atom. The molecule has 0 aliphatic carbocycles. The molecule has 7 nitrogen and oxygen atoms in total. The highest BCUT2D eigenvalue weighted by Gasteiger charge is 2.34. The van der Waals surface area contributed by atoms with Crippen molar-refractivity contribution in [2.24, 2.45) is 0 Å². The smallest absolute Gasteiger partial charge is 0.295 e. The van der Waals surface area contributed by atoms with Gasteiger partial charge in [-0.3, -0.25) is 9.89 Å². The third-order valence-electron chi connectivity index (χ3n) is 3.58. The Morgan fingerprint density at radius 3 is 3.05 bits per heavy atom. The summed E-state index contributed by atoms with van der Waals surface area (Å²) in [7, 11) is 0. The number of hydrogen-bond donors (Lipinski definition) is 3. The van der Waals surface area contributed by atoms with Crippen LogP contribution < -0.4 is 10.6 Å². The number of aromatic nitrogens is 3. The molecule has 0 spiro atoms. The predicted octanol–water partition coefficient (Wildman–Crippen LogP) is 1.55. The highest BCUT2D eigenvalue weighted by atomic mass is 16.5. The van der Waals surface area contributed by atoms with Gasteiger partial charge in [0.25, 0.3) is 5.91 Å². The molecule has 7 heteroatoms. The van der Waals surface area contributed by atoms with Gasteiger partial charge in [-0.1, -0.05) is 12.1 Å². The Morgan fingerprint density at radius 1 is 1.55 bits per heavy atom. The van der Waals surface area contributed by atoms with E-state index in [1.165, 1.54) is 0 Å². The van der Waals surface area contributed by atoms with Crippen molar-refractivity contribution < 1.29 is 9.32 Å². The van der Waals surface area contributed by atoms with E-state index in [9.17, 15) is 4.79 Å². The Labute approximate surface area is 116 Å². The van der Waals surface area contributed by atoms with E-state index in [4.69, 9.17) is 4.52 Å². The molecule has 0 saturated heterocycles. The number of amides is 1. The molecule has 0 fully saturated rings. The summed E-state index contributed by atoms with van der Waals surface area (Å²) in [6.07, 6.45) is 0.729. The average Bonchev–Trinajstić information content (AvgIpc) is 3.08. The van der Waals surface area contributed by atoms with Crippen LogP contribution in [0.3, 0.4) is 0 Å². The second-order valence-corrected chi connectivity index (χ2v) is 5.39. The summed E-state index contributed by atoms with van der Waals surface area (Å²) in [4.78, 5) is 12.1. The third kappa shape index (κ3) is 2.00. The van der Waals surface area contributed by atoms with Gasteiger partial charge in [0.2, 0.25) is 5.76 Å². The van der Waals surface area contributed by atoms with Gasteiger partial charge in [0, 0.05) is 18.2 Å². The molecule has 0 unspecified atom stereocenters. The Balaban J connectivity index is 1.81. The van der Waals surface area contributed by atoms with Crippen molar-refractivity contribution in [3.63, 3.8) is 0 Å². The van der Waals surface area contributed by atoms with Crippen LogP contribution in [0.4, 0.5) is 5.82 Å². The summed E-state index contributed by atoms with van der Waals surface area (Å²) in [5, 5.41) is 17.1. The van der Waals surface area contributed by atoms with Crippen LogP contribution in [0.5, 0.6) is 0 Å². The van der Waals surface area contributed by atoms with Crippen molar-refractivity contribution in [3.05, 3.63) is 28.8 Å². The summed E-state index contributed by atoms with van der Waals surface area (Å²) in [6.45, 7) is 6.75. The van der Waals surface area contributed by atoms with Gasteiger partial charge in [0.05, 0.1) is 16.9 Å². The number of rotatable bonds is 3. The molecule has 0 saturated carbocycles. The van der Waals surface area contributed by atoms with Crippen LogP contribution in [0.2, 0.25) is 0 Å². The minimum Gasteiger partial charge on any atom is -0.351 e. The number of aromatic amines is 1. The number of nitrogens with one attached hydrogen (secondary N) is 3. The van der Waals surface area contributed by atoms with Gasteiger partial charge in [0.1, 0.15) is 0 Å². The van der Waals surface area contributed by atoms with Gasteiger partial charge in [-0.2, -0.15) is 5.10 Å². The van der Waals surface area contributed by atoms with Crippen LogP contribution in [0.1, 0.15) is 48.3 Å². The monoisotopic (exact) mass is 275 g/mol. The molecule has 0 atom stereocenters. The van der Waals surface area contributed by atoms with Crippen molar-refractivity contribution in [2.75, 3.05) is 5.32 Å². The quantitative estimate of drug-likeness (QED) is 0.789. The molecule has 20 heavy (non-hydrogen) atoms. The van der Waals surface area contributed by atoms with Crippen LogP contribution in [0.15, 0.2) is 10.6 Å². The Hall–Kier alpha value is -2.15. The van der Waals surface area contributed by atoms with E-state index in [1.54, 1.807) is 6.07 Å². The third-order valence-corrected chi connectivity index (χ3v) is 3.58. The van der Waals surface area contributed by atoms with Gasteiger partial charge < -0.3 is 15.2 Å². The molecule has 0 aromatic carbocycles. The van der Waals surface area contributed by atoms with Crippen LogP contribution in [-0.2, 0) is 18.5 Å². The standard InChI is InChI=1S/C13H17N5O2/c1-4-7-5-9(20-18-7)12(19)15-11-8-6-14-13(2,3)10(8)16-17-11/h5,14H,4,6H2,1-3H3,(H2,15,16,17,19). The maximum absolute atomic E-state index is 12.1. The number of aryl methyl sites for hydroxylation is 1. The largest absolute Gasteiger partial charge is 0.351 e. The zero-order chi connectivity index (χ0) is 14.3. The number of fused-ring (bicyclic) bond motifs is 1. The second kappa shape index (κ2) is 4.45. The molecular formula is C13H17N5O2. The average molecular weight is 275 g/mol. The first kappa shape index (κ1) is 12.9. The first-order valence-corrected chi connectivity index (χ1v) is 6.61. The summed E-state index contributed by atoms with van der Waals surface area (Å²) in [6, 6.07) is 1.64. The lowest BCUT2D eigenvalue weighted by Crippen LogP contribution is -2.29. The maximum atomic E-state index is 12.1. The van der Waals surface area contributed by atoms with E-state index < -0.39 is 0 Å². The van der Waals surface area contributed by atoms with Gasteiger partial charge in [-0.05, 0) is 20.3 Å². The lowest BCUT2D eigenvalue weighted by molar-refractivity contribution is 0.0987. The van der Waals surface area contributed by atoms with E-state index >= 15 is 0 Å². The number of anilines is 1. The highest BCUT2D eigenvalue weighted by molar-refractivity contribution is 6.02. The second-order valence-electron chi connectivity index (χ2n) is 5.39. The minimum absolute atomic E-state index is 0.160. The van der Waals surface area contributed by atoms with E-state index in [2.05, 4.69) is 39.8 Å². The highest BCUT2D eigenvalue weighted by Crippen LogP contribution is 2.32. The Bertz CT molecular complexity index is 656. The van der Waals surface area contributed by atoms with Crippen molar-refractivity contribution >= 4 is 11.7 Å². The first-order valence-electron chi connectivity index (χ1n) is 6.61. The lowest BCUT2D eigenvalue weighted by Gasteiger charge is -2.16. The SMILES string of the molecule is CCc1cc(C(=O)Nc2n[nH]c3c2CNC3(C)C)on1. The van der Waals surface area contributed by atoms with E-state index in [-0.39, 0.29) is 17.2 Å². The van der Waals surface area contributed by atoms with Crippen LogP contribution in [-0.4, -0.2) is 21.3 Å². The zero-order valence-corrected chi connectivity index (χ0v) is 11.7. The lowest BCUT2D eigenvalue weighted by atomic mass is 10.0. The van der Waals surface area contributed by atoms with Gasteiger partial charge in [-0.15, -0.1) is 0 Å². The number of hydrogen-bond acceptors (Lipinski definition) is 5. The molecule has 2 aromatic rings. The van der Waals surface area contributed by atoms with Crippen LogP contribution in [0, 0.1) is 0 Å². The van der Waals surface area contributed by atoms with Crippen molar-refractivity contribution in [3.8, 4) is 0 Å². The fourth-order valence-corrected chi connectivity index (χ4v) is 2.31. The summed E-state index contributed by atoms with van der Waals surface area (Å²) in [5.74, 6) is 0.401. The van der Waals surface area contributed by atoms with E-state index in [0.29, 0.717) is 12.4 Å². The van der Waals surface area contributed by atoms with Crippen molar-refractivity contribution in [2.45, 2.75) is 39.3 Å². The summed E-state index contributed by atoms with van der Waals surface area (Å²) in [5.41, 5.74) is 2.58. The molecule has 3 heterocycles. The number of nitrogens with zero attached hydrogens (tertiary/aromatic N) is 2. The molecule has 1 amide bonds. The van der Waals surface area contributed by atoms with Crippen LogP contribution >= 0.6 is 0 Å². The predicted molar refractivity (Wildman–Crippen MR) is 72.3 cm³/mol. The minimum atomic E-state index is -0.337. The van der Waals surface area contributed by atoms with E-state index in [1.807, 2.05) is 6.92 Å². The maximum Gasteiger partial charge on any atom is 0.295 e. The number of carbonyl (C=O) groups is 1. The molecule has 106 valence electrons. The van der Waals surface area contributed by atoms with Gasteiger partial charge in [-0.25, -0.2) is 0 Å². The molecule has 0 radical (unpaired) electrons. The summed E-state index contributed by atoms with van der Waals surface area (Å²) < 4.78 is 5.01. The molecule has 3 rings (SSSR count). The van der Waals surface area contributed by atoms with Crippen LogP contribution in [0.25, 0.3) is 0 Å². The Kier molecular flexibility index (Phi) is 2.86. The summed E-state index contributed by atoms with van der Waals surface area (Å²) >= 11 is 0. The molecule has 1 aliphatic heterocycles. The molecule has 0 bridgehead atoms. The van der Waals surface area contributed by atoms with Crippen molar-refractivity contribution in [1.82, 2.24) is 20.7 Å².